The average Bonchev–Trinajstić information content (AvgIpc) is 2.39. The lowest BCUT2D eigenvalue weighted by Gasteiger charge is -2.18. The minimum Gasteiger partial charge on any atom is -0.394 e. The van der Waals surface area contributed by atoms with Crippen LogP contribution in [0.15, 0.2) is 0 Å². The molecular formula is C15H32O3. The monoisotopic (exact) mass is 260 g/mol. The maximum atomic E-state index is 9.27. The molecule has 0 aromatic rings. The Morgan fingerprint density at radius 3 is 2.17 bits per heavy atom. The van der Waals surface area contributed by atoms with Crippen LogP contribution in [-0.4, -0.2) is 35.6 Å². The van der Waals surface area contributed by atoms with E-state index in [4.69, 9.17) is 9.84 Å². The zero-order valence-electron chi connectivity index (χ0n) is 12.2. The van der Waals surface area contributed by atoms with E-state index in [1.54, 1.807) is 0 Å². The van der Waals surface area contributed by atoms with E-state index in [9.17, 15) is 5.11 Å². The number of ether oxygens (including phenoxy) is 1. The first kappa shape index (κ1) is 17.9. The number of aliphatic hydroxyl groups is 2. The van der Waals surface area contributed by atoms with Crippen LogP contribution in [0, 0.1) is 0 Å². The summed E-state index contributed by atoms with van der Waals surface area (Å²) in [5.41, 5.74) is 0. The van der Waals surface area contributed by atoms with Gasteiger partial charge in [0, 0.05) is 0 Å². The Bertz CT molecular complexity index is 162. The van der Waals surface area contributed by atoms with E-state index in [-0.39, 0.29) is 19.3 Å². The molecule has 0 rings (SSSR count). The van der Waals surface area contributed by atoms with Crippen LogP contribution in [0.3, 0.4) is 0 Å². The molecule has 0 aliphatic heterocycles. The first-order valence-electron chi connectivity index (χ1n) is 7.65. The van der Waals surface area contributed by atoms with Gasteiger partial charge < -0.3 is 14.9 Å². The molecule has 0 spiro atoms. The van der Waals surface area contributed by atoms with Gasteiger partial charge in [-0.3, -0.25) is 0 Å². The fraction of sp³-hybridized carbons (Fsp3) is 1.00. The van der Waals surface area contributed by atoms with Crippen molar-refractivity contribution in [2.45, 2.75) is 83.8 Å². The summed E-state index contributed by atoms with van der Waals surface area (Å²) in [4.78, 5) is 0. The van der Waals surface area contributed by atoms with Gasteiger partial charge in [-0.2, -0.15) is 0 Å². The summed E-state index contributed by atoms with van der Waals surface area (Å²) in [5.74, 6) is 0. The highest BCUT2D eigenvalue weighted by Gasteiger charge is 2.10. The molecule has 3 heteroatoms. The Morgan fingerprint density at radius 2 is 1.56 bits per heavy atom. The van der Waals surface area contributed by atoms with Crippen molar-refractivity contribution in [1.82, 2.24) is 0 Å². The molecular weight excluding hydrogens is 228 g/mol. The zero-order valence-corrected chi connectivity index (χ0v) is 12.2. The van der Waals surface area contributed by atoms with Gasteiger partial charge in [-0.25, -0.2) is 0 Å². The van der Waals surface area contributed by atoms with Crippen molar-refractivity contribution in [2.75, 3.05) is 13.2 Å². The van der Waals surface area contributed by atoms with Crippen molar-refractivity contribution in [3.05, 3.63) is 0 Å². The molecule has 110 valence electrons. The highest BCUT2D eigenvalue weighted by molar-refractivity contribution is 4.60. The number of hydrogen-bond acceptors (Lipinski definition) is 3. The fourth-order valence-electron chi connectivity index (χ4n) is 2.09. The lowest BCUT2D eigenvalue weighted by Crippen LogP contribution is -2.24. The van der Waals surface area contributed by atoms with Crippen LogP contribution in [-0.2, 0) is 4.74 Å². The van der Waals surface area contributed by atoms with Crippen LogP contribution in [0.25, 0.3) is 0 Å². The second kappa shape index (κ2) is 13.3. The lowest BCUT2D eigenvalue weighted by molar-refractivity contribution is -0.0345. The van der Waals surface area contributed by atoms with E-state index in [1.807, 2.05) is 0 Å². The molecule has 0 aromatic heterocycles. The second-order valence-electron chi connectivity index (χ2n) is 5.14. The lowest BCUT2D eigenvalue weighted by atomic mass is 10.0. The van der Waals surface area contributed by atoms with Crippen molar-refractivity contribution in [3.8, 4) is 0 Å². The summed E-state index contributed by atoms with van der Waals surface area (Å²) >= 11 is 0. The first-order valence-corrected chi connectivity index (χ1v) is 7.65. The molecule has 0 saturated carbocycles. The Balaban J connectivity index is 3.56. The van der Waals surface area contributed by atoms with Gasteiger partial charge in [0.25, 0.3) is 0 Å². The van der Waals surface area contributed by atoms with Crippen molar-refractivity contribution in [2.24, 2.45) is 0 Å². The molecule has 3 nitrogen and oxygen atoms in total. The Labute approximate surface area is 113 Å². The number of hydrogen-bond donors (Lipinski definition) is 2. The molecule has 0 amide bonds. The number of rotatable bonds is 13. The van der Waals surface area contributed by atoms with Gasteiger partial charge in [-0.05, 0) is 12.8 Å². The maximum Gasteiger partial charge on any atom is 0.100 e. The van der Waals surface area contributed by atoms with Crippen LogP contribution in [0.1, 0.15) is 71.6 Å². The van der Waals surface area contributed by atoms with Gasteiger partial charge >= 0.3 is 0 Å². The third kappa shape index (κ3) is 11.0. The molecule has 0 heterocycles. The van der Waals surface area contributed by atoms with Crippen molar-refractivity contribution < 1.29 is 14.9 Å². The third-order valence-electron chi connectivity index (χ3n) is 3.23. The van der Waals surface area contributed by atoms with Gasteiger partial charge in [0.05, 0.1) is 19.3 Å². The molecule has 2 atom stereocenters. The summed E-state index contributed by atoms with van der Waals surface area (Å²) in [6.07, 6.45) is 10.6. The summed E-state index contributed by atoms with van der Waals surface area (Å²) in [7, 11) is 0. The Hall–Kier alpha value is -0.120. The molecule has 2 N–H and O–H groups in total. The van der Waals surface area contributed by atoms with Crippen LogP contribution < -0.4 is 0 Å². The molecule has 0 radical (unpaired) electrons. The predicted molar refractivity (Wildman–Crippen MR) is 75.7 cm³/mol. The van der Waals surface area contributed by atoms with Crippen molar-refractivity contribution in [1.29, 1.82) is 0 Å². The molecule has 0 saturated heterocycles. The highest BCUT2D eigenvalue weighted by atomic mass is 16.5. The summed E-state index contributed by atoms with van der Waals surface area (Å²) in [5, 5.41) is 18.0. The van der Waals surface area contributed by atoms with Gasteiger partial charge in [-0.1, -0.05) is 58.8 Å². The molecule has 2 unspecified atom stereocenters. The van der Waals surface area contributed by atoms with Crippen LogP contribution >= 0.6 is 0 Å². The Kier molecular flexibility index (Phi) is 13.2. The molecule has 0 aliphatic carbocycles. The topological polar surface area (TPSA) is 49.7 Å². The maximum absolute atomic E-state index is 9.27. The molecule has 0 aromatic carbocycles. The van der Waals surface area contributed by atoms with E-state index < -0.39 is 6.10 Å². The van der Waals surface area contributed by atoms with E-state index in [0.717, 1.165) is 19.3 Å². The number of unbranched alkanes of at least 4 members (excludes halogenated alkanes) is 5. The van der Waals surface area contributed by atoms with Gasteiger partial charge in [-0.15, -0.1) is 0 Å². The van der Waals surface area contributed by atoms with Gasteiger partial charge in [0.15, 0.2) is 0 Å². The van der Waals surface area contributed by atoms with Crippen LogP contribution in [0.4, 0.5) is 0 Å². The van der Waals surface area contributed by atoms with Gasteiger partial charge in [0.2, 0.25) is 0 Å². The quantitative estimate of drug-likeness (QED) is 0.500. The van der Waals surface area contributed by atoms with Crippen molar-refractivity contribution in [3.63, 3.8) is 0 Å². The van der Waals surface area contributed by atoms with Gasteiger partial charge in [0.1, 0.15) is 6.10 Å². The summed E-state index contributed by atoms with van der Waals surface area (Å²) < 4.78 is 5.65. The zero-order chi connectivity index (χ0) is 13.6. The minimum absolute atomic E-state index is 0.212. The minimum atomic E-state index is -0.728. The van der Waals surface area contributed by atoms with Crippen LogP contribution in [0.2, 0.25) is 0 Å². The van der Waals surface area contributed by atoms with E-state index in [2.05, 4.69) is 13.8 Å². The normalized spacial score (nSPS) is 14.7. The third-order valence-corrected chi connectivity index (χ3v) is 3.23. The summed E-state index contributed by atoms with van der Waals surface area (Å²) in [6.45, 7) is 4.44. The number of aliphatic hydroxyl groups excluding tert-OH is 2. The average molecular weight is 260 g/mol. The fourth-order valence-corrected chi connectivity index (χ4v) is 2.09. The summed E-state index contributed by atoms with van der Waals surface area (Å²) in [6, 6.07) is 0. The molecule has 18 heavy (non-hydrogen) atoms. The smallest absolute Gasteiger partial charge is 0.100 e. The predicted octanol–water partition coefficient (Wildman–Crippen LogP) is 3.28. The largest absolute Gasteiger partial charge is 0.394 e. The van der Waals surface area contributed by atoms with Crippen LogP contribution in [0.5, 0.6) is 0 Å². The first-order chi connectivity index (χ1) is 8.74. The van der Waals surface area contributed by atoms with E-state index in [1.165, 1.54) is 38.5 Å². The van der Waals surface area contributed by atoms with E-state index >= 15 is 0 Å². The highest BCUT2D eigenvalue weighted by Crippen LogP contribution is 2.14. The SMILES string of the molecule is CCCCCCCCC(CCC)OCC(O)CO. The van der Waals surface area contributed by atoms with Crippen molar-refractivity contribution >= 4 is 0 Å². The Morgan fingerprint density at radius 1 is 0.889 bits per heavy atom. The van der Waals surface area contributed by atoms with E-state index in [0.29, 0.717) is 0 Å². The second-order valence-corrected chi connectivity index (χ2v) is 5.14. The standard InChI is InChI=1S/C15H32O3/c1-3-5-6-7-8-9-11-15(10-4-2)18-13-14(17)12-16/h14-17H,3-13H2,1-2H3. The molecule has 0 fully saturated rings. The molecule has 0 aliphatic rings. The molecule has 0 bridgehead atoms.